The maximum absolute atomic E-state index is 13.4. The Balaban J connectivity index is 1.84. The van der Waals surface area contributed by atoms with Crippen molar-refractivity contribution < 1.29 is 9.59 Å². The summed E-state index contributed by atoms with van der Waals surface area (Å²) in [4.78, 5) is 29.2. The van der Waals surface area contributed by atoms with Gasteiger partial charge in [0.1, 0.15) is 0 Å². The van der Waals surface area contributed by atoms with Crippen molar-refractivity contribution in [2.24, 2.45) is 0 Å². The summed E-state index contributed by atoms with van der Waals surface area (Å²) in [5, 5.41) is 1.07. The van der Waals surface area contributed by atoms with Gasteiger partial charge in [0.2, 0.25) is 0 Å². The number of hydrogen-bond donors (Lipinski definition) is 0. The van der Waals surface area contributed by atoms with Crippen molar-refractivity contribution in [3.05, 3.63) is 98.9 Å². The summed E-state index contributed by atoms with van der Waals surface area (Å²) in [6, 6.07) is 21.6. The lowest BCUT2D eigenvalue weighted by molar-refractivity contribution is -0.119. The second-order valence-corrected chi connectivity index (χ2v) is 8.46. The van der Waals surface area contributed by atoms with Gasteiger partial charge in [-0.3, -0.25) is 9.59 Å². The fourth-order valence-corrected chi connectivity index (χ4v) is 4.41. The van der Waals surface area contributed by atoms with Crippen LogP contribution in [0.4, 0.5) is 5.69 Å². The molecule has 0 aromatic heterocycles. The van der Waals surface area contributed by atoms with Crippen LogP contribution in [0.3, 0.4) is 0 Å². The zero-order chi connectivity index (χ0) is 20.5. The molecule has 6 heteroatoms. The third kappa shape index (κ3) is 3.84. The van der Waals surface area contributed by atoms with Crippen LogP contribution in [0.2, 0.25) is 10.0 Å². The highest BCUT2D eigenvalue weighted by Crippen LogP contribution is 2.42. The molecule has 0 bridgehead atoms. The third-order valence-electron chi connectivity index (χ3n) is 4.55. The standard InChI is InChI=1S/C23H15Cl2NO2S/c1-14-7-8-17(25)13-19(14)26-22(27)20(15-5-3-2-4-6-15)21(23(26)28)29-18-11-9-16(24)10-12-18/h2-13H,1H3. The van der Waals surface area contributed by atoms with Crippen LogP contribution in [-0.2, 0) is 9.59 Å². The van der Waals surface area contributed by atoms with E-state index in [9.17, 15) is 9.59 Å². The zero-order valence-corrected chi connectivity index (χ0v) is 17.7. The van der Waals surface area contributed by atoms with Crippen molar-refractivity contribution in [1.29, 1.82) is 0 Å². The molecule has 1 aliphatic heterocycles. The van der Waals surface area contributed by atoms with Gasteiger partial charge in [0.05, 0.1) is 16.2 Å². The van der Waals surface area contributed by atoms with Crippen LogP contribution in [0.1, 0.15) is 11.1 Å². The van der Waals surface area contributed by atoms with E-state index in [-0.39, 0.29) is 11.8 Å². The van der Waals surface area contributed by atoms with Crippen LogP contribution in [-0.4, -0.2) is 11.8 Å². The fraction of sp³-hybridized carbons (Fsp3) is 0.0435. The van der Waals surface area contributed by atoms with Crippen LogP contribution in [0.15, 0.2) is 82.6 Å². The lowest BCUT2D eigenvalue weighted by Gasteiger charge is -2.18. The average Bonchev–Trinajstić information content (AvgIpc) is 2.96. The number of nitrogens with zero attached hydrogens (tertiary/aromatic N) is 1. The Labute approximate surface area is 182 Å². The number of hydrogen-bond acceptors (Lipinski definition) is 3. The maximum atomic E-state index is 13.4. The van der Waals surface area contributed by atoms with E-state index >= 15 is 0 Å². The van der Waals surface area contributed by atoms with Crippen LogP contribution in [0.5, 0.6) is 0 Å². The van der Waals surface area contributed by atoms with Crippen LogP contribution in [0.25, 0.3) is 5.57 Å². The number of amides is 2. The summed E-state index contributed by atoms with van der Waals surface area (Å²) in [5.74, 6) is -0.720. The summed E-state index contributed by atoms with van der Waals surface area (Å²) in [5.41, 5.74) is 2.37. The molecular formula is C23H15Cl2NO2S. The zero-order valence-electron chi connectivity index (χ0n) is 15.4. The molecule has 144 valence electrons. The minimum Gasteiger partial charge on any atom is -0.268 e. The summed E-state index contributed by atoms with van der Waals surface area (Å²) in [6.45, 7) is 1.85. The monoisotopic (exact) mass is 439 g/mol. The molecule has 0 saturated heterocycles. The van der Waals surface area contributed by atoms with E-state index in [0.29, 0.717) is 31.8 Å². The summed E-state index contributed by atoms with van der Waals surface area (Å²) >= 11 is 13.4. The number of thioether (sulfide) groups is 1. The smallest absolute Gasteiger partial charge is 0.268 e. The molecule has 0 radical (unpaired) electrons. The van der Waals surface area contributed by atoms with Gasteiger partial charge in [-0.05, 0) is 54.4 Å². The predicted molar refractivity (Wildman–Crippen MR) is 119 cm³/mol. The quantitative estimate of drug-likeness (QED) is 0.442. The molecule has 0 atom stereocenters. The van der Waals surface area contributed by atoms with Gasteiger partial charge in [0.25, 0.3) is 11.8 Å². The summed E-state index contributed by atoms with van der Waals surface area (Å²) in [7, 11) is 0. The molecule has 3 nitrogen and oxygen atoms in total. The number of aryl methyl sites for hydroxylation is 1. The van der Waals surface area contributed by atoms with Gasteiger partial charge in [-0.1, -0.05) is 71.4 Å². The van der Waals surface area contributed by atoms with Gasteiger partial charge in [-0.25, -0.2) is 4.90 Å². The van der Waals surface area contributed by atoms with E-state index in [1.54, 1.807) is 30.3 Å². The molecule has 0 saturated carbocycles. The third-order valence-corrected chi connectivity index (χ3v) is 6.13. The SMILES string of the molecule is Cc1ccc(Cl)cc1N1C(=O)C(Sc2ccc(Cl)cc2)=C(c2ccccc2)C1=O. The van der Waals surface area contributed by atoms with E-state index in [1.807, 2.05) is 49.4 Å². The first-order chi connectivity index (χ1) is 14.0. The second kappa shape index (κ2) is 8.07. The molecule has 0 spiro atoms. The fourth-order valence-electron chi connectivity index (χ4n) is 3.13. The number of rotatable bonds is 4. The minimum absolute atomic E-state index is 0.358. The summed E-state index contributed by atoms with van der Waals surface area (Å²) in [6.07, 6.45) is 0. The van der Waals surface area contributed by atoms with Gasteiger partial charge in [-0.15, -0.1) is 0 Å². The van der Waals surface area contributed by atoms with E-state index in [2.05, 4.69) is 0 Å². The molecule has 3 aromatic carbocycles. The molecule has 0 N–H and O–H groups in total. The van der Waals surface area contributed by atoms with Crippen molar-refractivity contribution >= 4 is 58.0 Å². The molecule has 0 aliphatic carbocycles. The van der Waals surface area contributed by atoms with Crippen molar-refractivity contribution in [3.63, 3.8) is 0 Å². The molecule has 1 heterocycles. The highest BCUT2D eigenvalue weighted by molar-refractivity contribution is 8.04. The van der Waals surface area contributed by atoms with Crippen LogP contribution >= 0.6 is 35.0 Å². The van der Waals surface area contributed by atoms with E-state index < -0.39 is 0 Å². The highest BCUT2D eigenvalue weighted by atomic mass is 35.5. The highest BCUT2D eigenvalue weighted by Gasteiger charge is 2.41. The topological polar surface area (TPSA) is 37.4 Å². The Hall–Kier alpha value is -2.53. The van der Waals surface area contributed by atoms with Gasteiger partial charge in [-0.2, -0.15) is 0 Å². The van der Waals surface area contributed by atoms with Crippen molar-refractivity contribution in [2.45, 2.75) is 11.8 Å². The van der Waals surface area contributed by atoms with Gasteiger partial charge < -0.3 is 0 Å². The van der Waals surface area contributed by atoms with Crippen LogP contribution in [0, 0.1) is 6.92 Å². The molecular weight excluding hydrogens is 425 g/mol. The summed E-state index contributed by atoms with van der Waals surface area (Å²) < 4.78 is 0. The maximum Gasteiger partial charge on any atom is 0.272 e. The largest absolute Gasteiger partial charge is 0.272 e. The van der Waals surface area contributed by atoms with E-state index in [0.717, 1.165) is 10.5 Å². The Morgan fingerprint density at radius 2 is 1.45 bits per heavy atom. The van der Waals surface area contributed by atoms with Crippen molar-refractivity contribution in [3.8, 4) is 0 Å². The van der Waals surface area contributed by atoms with Gasteiger partial charge in [0, 0.05) is 14.9 Å². The number of imide groups is 1. The molecule has 29 heavy (non-hydrogen) atoms. The average molecular weight is 440 g/mol. The van der Waals surface area contributed by atoms with E-state index in [1.165, 1.54) is 16.7 Å². The number of carbonyl (C=O) groups excluding carboxylic acids is 2. The van der Waals surface area contributed by atoms with Crippen molar-refractivity contribution in [1.82, 2.24) is 0 Å². The lowest BCUT2D eigenvalue weighted by atomic mass is 10.1. The number of carbonyl (C=O) groups is 2. The van der Waals surface area contributed by atoms with Gasteiger partial charge >= 0.3 is 0 Å². The van der Waals surface area contributed by atoms with Crippen molar-refractivity contribution in [2.75, 3.05) is 4.90 Å². The van der Waals surface area contributed by atoms with Crippen LogP contribution < -0.4 is 4.90 Å². The Kier molecular flexibility index (Phi) is 5.50. The molecule has 3 aromatic rings. The number of halogens is 2. The molecule has 0 fully saturated rings. The normalized spacial score (nSPS) is 14.1. The molecule has 0 unspecified atom stereocenters. The predicted octanol–water partition coefficient (Wildman–Crippen LogP) is 6.38. The second-order valence-electron chi connectivity index (χ2n) is 6.50. The Morgan fingerprint density at radius 3 is 2.14 bits per heavy atom. The molecule has 1 aliphatic rings. The number of benzene rings is 3. The molecule has 4 rings (SSSR count). The Bertz CT molecular complexity index is 1140. The minimum atomic E-state index is -0.362. The first kappa shape index (κ1) is 19.8. The first-order valence-corrected chi connectivity index (χ1v) is 10.4. The number of anilines is 1. The Morgan fingerprint density at radius 1 is 0.793 bits per heavy atom. The van der Waals surface area contributed by atoms with E-state index in [4.69, 9.17) is 23.2 Å². The lowest BCUT2D eigenvalue weighted by Crippen LogP contribution is -2.31. The van der Waals surface area contributed by atoms with Gasteiger partial charge in [0.15, 0.2) is 0 Å². The molecule has 2 amide bonds. The first-order valence-electron chi connectivity index (χ1n) is 8.84.